The van der Waals surface area contributed by atoms with Crippen molar-refractivity contribution in [2.24, 2.45) is 10.8 Å². The Labute approximate surface area is 219 Å². The van der Waals surface area contributed by atoms with Crippen molar-refractivity contribution >= 4 is 17.8 Å². The third kappa shape index (κ3) is 6.43. The highest BCUT2D eigenvalue weighted by molar-refractivity contribution is 5.87. The predicted molar refractivity (Wildman–Crippen MR) is 123 cm³/mol. The fourth-order valence-electron chi connectivity index (χ4n) is 4.27. The molecule has 1 amide bonds. The van der Waals surface area contributed by atoms with Gasteiger partial charge in [0, 0.05) is 6.92 Å². The maximum absolute atomic E-state index is 13.1. The number of amides is 1. The van der Waals surface area contributed by atoms with Crippen LogP contribution in [0.25, 0.3) is 0 Å². The van der Waals surface area contributed by atoms with Crippen LogP contribution in [0.3, 0.4) is 0 Å². The summed E-state index contributed by atoms with van der Waals surface area (Å²) in [6.07, 6.45) is -14.5. The normalized spacial score (nSPS) is 37.6. The standard InChI is InChI=1S/C23H39NO14/c1-6-23(5,21(34)36-8-11-14(27)16(29)17(30)19(32)38-11)22(3,4)20(33)35-7-10-13(26)15(28)12(18(31)37-10)24-9(2)25/h10-19,26-32H,6-8H2,1-5H3,(H,24,25)/t10?,11?,12?,13-,14-,15-,16+,17?,18-,19-,23?/m1/s1. The van der Waals surface area contributed by atoms with E-state index in [0.717, 1.165) is 6.92 Å². The SMILES string of the molecule is CCC(C)(C(=O)OCC1O[C@@H](O)C(O)[C@@H](O)[C@@H]1O)C(C)(C)C(=O)OCC1O[C@@H](O)C(NC(C)=O)[C@@H](O)[C@@H]1O. The first-order chi connectivity index (χ1) is 17.5. The van der Waals surface area contributed by atoms with E-state index >= 15 is 0 Å². The largest absolute Gasteiger partial charge is 0.462 e. The zero-order valence-corrected chi connectivity index (χ0v) is 21.9. The van der Waals surface area contributed by atoms with Crippen LogP contribution >= 0.6 is 0 Å². The van der Waals surface area contributed by atoms with Gasteiger partial charge in [-0.1, -0.05) is 6.92 Å². The molecule has 220 valence electrons. The average molecular weight is 554 g/mol. The lowest BCUT2D eigenvalue weighted by atomic mass is 9.65. The fraction of sp³-hybridized carbons (Fsp3) is 0.870. The van der Waals surface area contributed by atoms with Gasteiger partial charge in [-0.3, -0.25) is 14.4 Å². The molecule has 0 aromatic rings. The molecule has 2 fully saturated rings. The Hall–Kier alpha value is -1.95. The van der Waals surface area contributed by atoms with Crippen molar-refractivity contribution in [3.8, 4) is 0 Å². The molecule has 11 atom stereocenters. The monoisotopic (exact) mass is 553 g/mol. The van der Waals surface area contributed by atoms with Crippen LogP contribution in [0, 0.1) is 10.8 Å². The molecule has 0 spiro atoms. The summed E-state index contributed by atoms with van der Waals surface area (Å²) in [6.45, 7) is 5.86. The van der Waals surface area contributed by atoms with Gasteiger partial charge < -0.3 is 60.0 Å². The van der Waals surface area contributed by atoms with Crippen molar-refractivity contribution < 1.29 is 69.1 Å². The zero-order valence-electron chi connectivity index (χ0n) is 21.9. The van der Waals surface area contributed by atoms with Crippen molar-refractivity contribution in [3.05, 3.63) is 0 Å². The molecule has 2 saturated heterocycles. The second-order valence-electron chi connectivity index (χ2n) is 10.3. The molecule has 0 aromatic carbocycles. The van der Waals surface area contributed by atoms with Gasteiger partial charge in [0.2, 0.25) is 5.91 Å². The third-order valence-electron chi connectivity index (χ3n) is 7.58. The van der Waals surface area contributed by atoms with Crippen molar-refractivity contribution in [2.75, 3.05) is 13.2 Å². The Morgan fingerprint density at radius 1 is 0.737 bits per heavy atom. The Balaban J connectivity index is 2.03. The van der Waals surface area contributed by atoms with Crippen molar-refractivity contribution in [3.63, 3.8) is 0 Å². The maximum atomic E-state index is 13.1. The van der Waals surface area contributed by atoms with Crippen LogP contribution in [-0.2, 0) is 33.3 Å². The van der Waals surface area contributed by atoms with E-state index in [0.29, 0.717) is 0 Å². The molecule has 8 N–H and O–H groups in total. The molecule has 5 unspecified atom stereocenters. The Kier molecular flexibility index (Phi) is 10.6. The second-order valence-corrected chi connectivity index (χ2v) is 10.3. The summed E-state index contributed by atoms with van der Waals surface area (Å²) in [5, 5.41) is 72.0. The van der Waals surface area contributed by atoms with E-state index in [-0.39, 0.29) is 6.42 Å². The van der Waals surface area contributed by atoms with E-state index in [1.807, 2.05) is 0 Å². The van der Waals surface area contributed by atoms with Crippen molar-refractivity contribution in [1.82, 2.24) is 5.32 Å². The number of aliphatic hydroxyl groups is 7. The Bertz CT molecular complexity index is 854. The van der Waals surface area contributed by atoms with Crippen LogP contribution in [0.5, 0.6) is 0 Å². The van der Waals surface area contributed by atoms with E-state index in [2.05, 4.69) is 5.32 Å². The van der Waals surface area contributed by atoms with E-state index in [1.54, 1.807) is 6.92 Å². The lowest BCUT2D eigenvalue weighted by Gasteiger charge is -2.42. The minimum atomic E-state index is -1.82. The van der Waals surface area contributed by atoms with E-state index < -0.39 is 103 Å². The molecular formula is C23H39NO14. The summed E-state index contributed by atoms with van der Waals surface area (Å²) in [5.74, 6) is -2.35. The highest BCUT2D eigenvalue weighted by Crippen LogP contribution is 2.44. The zero-order chi connectivity index (χ0) is 29.2. The molecule has 2 rings (SSSR count). The Morgan fingerprint density at radius 3 is 1.71 bits per heavy atom. The van der Waals surface area contributed by atoms with E-state index in [4.69, 9.17) is 18.9 Å². The van der Waals surface area contributed by atoms with Gasteiger partial charge >= 0.3 is 11.9 Å². The summed E-state index contributed by atoms with van der Waals surface area (Å²) in [7, 11) is 0. The first-order valence-corrected chi connectivity index (χ1v) is 12.2. The molecule has 0 bridgehead atoms. The highest BCUT2D eigenvalue weighted by atomic mass is 16.7. The summed E-state index contributed by atoms with van der Waals surface area (Å²) in [5.41, 5.74) is -3.03. The minimum Gasteiger partial charge on any atom is -0.462 e. The number of esters is 2. The number of carbonyl (C=O) groups is 3. The molecule has 0 aliphatic carbocycles. The van der Waals surface area contributed by atoms with Gasteiger partial charge in [0.15, 0.2) is 12.6 Å². The summed E-state index contributed by atoms with van der Waals surface area (Å²) in [4.78, 5) is 37.4. The van der Waals surface area contributed by atoms with Gasteiger partial charge in [-0.15, -0.1) is 0 Å². The number of hydrogen-bond acceptors (Lipinski definition) is 14. The molecule has 2 heterocycles. The minimum absolute atomic E-state index is 0.0877. The second kappa shape index (κ2) is 12.5. The van der Waals surface area contributed by atoms with Crippen LogP contribution in [0.1, 0.15) is 41.0 Å². The molecule has 2 aliphatic rings. The van der Waals surface area contributed by atoms with E-state index in [9.17, 15) is 50.1 Å². The molecule has 15 heteroatoms. The Morgan fingerprint density at radius 2 is 1.21 bits per heavy atom. The van der Waals surface area contributed by atoms with Crippen LogP contribution in [0.2, 0.25) is 0 Å². The third-order valence-corrected chi connectivity index (χ3v) is 7.58. The summed E-state index contributed by atoms with van der Waals surface area (Å²) >= 11 is 0. The summed E-state index contributed by atoms with van der Waals surface area (Å²) in [6, 6.07) is -1.30. The number of nitrogens with one attached hydrogen (secondary N) is 1. The molecule has 38 heavy (non-hydrogen) atoms. The predicted octanol–water partition coefficient (Wildman–Crippen LogP) is -3.74. The smallest absolute Gasteiger partial charge is 0.313 e. The molecule has 0 radical (unpaired) electrons. The van der Waals surface area contributed by atoms with E-state index in [1.165, 1.54) is 20.8 Å². The van der Waals surface area contributed by atoms with Gasteiger partial charge in [0.1, 0.15) is 62.0 Å². The number of aliphatic hydroxyl groups excluding tert-OH is 7. The van der Waals surface area contributed by atoms with Crippen molar-refractivity contribution in [2.45, 2.75) is 102 Å². The van der Waals surface area contributed by atoms with Crippen LogP contribution < -0.4 is 5.32 Å². The summed E-state index contributed by atoms with van der Waals surface area (Å²) < 4.78 is 20.7. The first-order valence-electron chi connectivity index (χ1n) is 12.2. The maximum Gasteiger partial charge on any atom is 0.313 e. The van der Waals surface area contributed by atoms with Crippen molar-refractivity contribution in [1.29, 1.82) is 0 Å². The van der Waals surface area contributed by atoms with Gasteiger partial charge in [0.05, 0.1) is 10.8 Å². The first kappa shape index (κ1) is 32.3. The number of carbonyl (C=O) groups excluding carboxylic acids is 3. The lowest BCUT2D eigenvalue weighted by molar-refractivity contribution is -0.288. The number of ether oxygens (including phenoxy) is 4. The van der Waals surface area contributed by atoms with Crippen LogP contribution in [-0.4, -0.2) is 128 Å². The van der Waals surface area contributed by atoms with Gasteiger partial charge in [-0.25, -0.2) is 0 Å². The number of hydrogen-bond donors (Lipinski definition) is 8. The van der Waals surface area contributed by atoms with Gasteiger partial charge in [-0.05, 0) is 27.2 Å². The fourth-order valence-corrected chi connectivity index (χ4v) is 4.27. The molecule has 0 aromatic heterocycles. The molecule has 2 aliphatic heterocycles. The average Bonchev–Trinajstić information content (AvgIpc) is 2.86. The van der Waals surface area contributed by atoms with Gasteiger partial charge in [-0.2, -0.15) is 0 Å². The van der Waals surface area contributed by atoms with Crippen LogP contribution in [0.4, 0.5) is 0 Å². The number of rotatable bonds is 9. The molecule has 0 saturated carbocycles. The highest BCUT2D eigenvalue weighted by Gasteiger charge is 2.54. The topological polar surface area (TPSA) is 242 Å². The van der Waals surface area contributed by atoms with Crippen LogP contribution in [0.15, 0.2) is 0 Å². The lowest BCUT2D eigenvalue weighted by Crippen LogP contribution is -2.64. The quantitative estimate of drug-likeness (QED) is 0.128. The molecule has 15 nitrogen and oxygen atoms in total. The molecular weight excluding hydrogens is 514 g/mol. The van der Waals surface area contributed by atoms with Gasteiger partial charge in [0.25, 0.3) is 0 Å².